The summed E-state index contributed by atoms with van der Waals surface area (Å²) in [5, 5.41) is 3.18. The SMILES string of the molecule is C=C(C)C1=CNC=C(CC)N1[C@](C)(N)CCC(=O)/C=C/C(CC)N1CCC1. The van der Waals surface area contributed by atoms with Crippen LogP contribution in [0.3, 0.4) is 0 Å². The number of nitrogens with two attached hydrogens (primary N) is 1. The lowest BCUT2D eigenvalue weighted by Crippen LogP contribution is -2.54. The number of carbonyl (C=O) groups is 1. The van der Waals surface area contributed by atoms with Crippen molar-refractivity contribution in [3.63, 3.8) is 0 Å². The third kappa shape index (κ3) is 5.33. The number of ketones is 1. The zero-order chi connectivity index (χ0) is 20.0. The minimum Gasteiger partial charge on any atom is -0.364 e. The van der Waals surface area contributed by atoms with E-state index in [1.54, 1.807) is 6.08 Å². The molecule has 2 aliphatic rings. The van der Waals surface area contributed by atoms with E-state index in [1.165, 1.54) is 6.42 Å². The average molecular weight is 373 g/mol. The summed E-state index contributed by atoms with van der Waals surface area (Å²) in [6, 6.07) is 0.382. The van der Waals surface area contributed by atoms with Crippen molar-refractivity contribution in [2.45, 2.75) is 71.5 Å². The van der Waals surface area contributed by atoms with Gasteiger partial charge in [-0.15, -0.1) is 0 Å². The van der Waals surface area contributed by atoms with Gasteiger partial charge in [-0.1, -0.05) is 26.5 Å². The summed E-state index contributed by atoms with van der Waals surface area (Å²) in [5.41, 5.74) is 9.06. The standard InChI is InChI=1S/C22H36N4O/c1-6-18(25-13-8-14-25)9-10-20(27)11-12-22(5,23)26-19(7-2)15-24-16-21(26)17(3)4/h9-10,15-16,18,24H,3,6-8,11-14,23H2,1-2,4-5H3/b10-9+/t18?,22-/m0/s1. The summed E-state index contributed by atoms with van der Waals surface area (Å²) in [7, 11) is 0. The number of nitrogens with zero attached hydrogens (tertiary/aromatic N) is 2. The van der Waals surface area contributed by atoms with E-state index in [9.17, 15) is 4.79 Å². The first-order chi connectivity index (χ1) is 12.8. The van der Waals surface area contributed by atoms with Crippen molar-refractivity contribution in [3.8, 4) is 0 Å². The Hall–Kier alpha value is -1.85. The van der Waals surface area contributed by atoms with E-state index in [0.717, 1.165) is 42.9 Å². The Labute approximate surface area is 164 Å². The second-order valence-electron chi connectivity index (χ2n) is 7.85. The molecule has 5 heteroatoms. The van der Waals surface area contributed by atoms with E-state index >= 15 is 0 Å². The van der Waals surface area contributed by atoms with Gasteiger partial charge in [-0.05, 0) is 64.3 Å². The highest BCUT2D eigenvalue weighted by Crippen LogP contribution is 2.32. The summed E-state index contributed by atoms with van der Waals surface area (Å²) in [4.78, 5) is 17.0. The fourth-order valence-electron chi connectivity index (χ4n) is 3.66. The Morgan fingerprint density at radius 3 is 2.63 bits per heavy atom. The number of allylic oxidation sites excluding steroid dienone is 3. The quantitative estimate of drug-likeness (QED) is 0.574. The molecule has 5 nitrogen and oxygen atoms in total. The summed E-state index contributed by atoms with van der Waals surface area (Å²) in [6.45, 7) is 14.6. The van der Waals surface area contributed by atoms with Crippen molar-refractivity contribution in [1.29, 1.82) is 0 Å². The summed E-state index contributed by atoms with van der Waals surface area (Å²) in [6.07, 6.45) is 11.9. The van der Waals surface area contributed by atoms with Crippen LogP contribution in [0.5, 0.6) is 0 Å². The zero-order valence-corrected chi connectivity index (χ0v) is 17.4. The van der Waals surface area contributed by atoms with Gasteiger partial charge in [0.2, 0.25) is 0 Å². The molecule has 2 heterocycles. The third-order valence-electron chi connectivity index (χ3n) is 5.47. The van der Waals surface area contributed by atoms with E-state index in [0.29, 0.717) is 18.9 Å². The molecule has 0 aliphatic carbocycles. The molecule has 0 spiro atoms. The van der Waals surface area contributed by atoms with Gasteiger partial charge < -0.3 is 16.0 Å². The predicted octanol–water partition coefficient (Wildman–Crippen LogP) is 3.63. The first-order valence-corrected chi connectivity index (χ1v) is 10.2. The Morgan fingerprint density at radius 1 is 1.41 bits per heavy atom. The summed E-state index contributed by atoms with van der Waals surface area (Å²) in [5.74, 6) is 0.142. The van der Waals surface area contributed by atoms with Gasteiger partial charge in [0.25, 0.3) is 0 Å². The van der Waals surface area contributed by atoms with Gasteiger partial charge in [0, 0.05) is 30.6 Å². The van der Waals surface area contributed by atoms with E-state index < -0.39 is 5.66 Å². The monoisotopic (exact) mass is 372 g/mol. The van der Waals surface area contributed by atoms with Crippen molar-refractivity contribution >= 4 is 5.78 Å². The summed E-state index contributed by atoms with van der Waals surface area (Å²) < 4.78 is 0. The molecule has 0 aromatic carbocycles. The highest BCUT2D eigenvalue weighted by Gasteiger charge is 2.33. The largest absolute Gasteiger partial charge is 0.364 e. The fourth-order valence-corrected chi connectivity index (χ4v) is 3.66. The van der Waals surface area contributed by atoms with Crippen molar-refractivity contribution in [2.24, 2.45) is 5.73 Å². The minimum absolute atomic E-state index is 0.142. The van der Waals surface area contributed by atoms with E-state index in [4.69, 9.17) is 5.73 Å². The summed E-state index contributed by atoms with van der Waals surface area (Å²) >= 11 is 0. The predicted molar refractivity (Wildman–Crippen MR) is 112 cm³/mol. The normalized spacial score (nSPS) is 21.0. The Morgan fingerprint density at radius 2 is 2.11 bits per heavy atom. The number of rotatable bonds is 10. The van der Waals surface area contributed by atoms with Crippen LogP contribution in [0.4, 0.5) is 0 Å². The molecule has 150 valence electrons. The van der Waals surface area contributed by atoms with Crippen molar-refractivity contribution in [3.05, 3.63) is 48.1 Å². The maximum Gasteiger partial charge on any atom is 0.155 e. The van der Waals surface area contributed by atoms with Crippen molar-refractivity contribution < 1.29 is 4.79 Å². The van der Waals surface area contributed by atoms with Crippen LogP contribution in [0.2, 0.25) is 0 Å². The molecule has 1 saturated heterocycles. The molecule has 0 amide bonds. The number of likely N-dealkylation sites (tertiary alicyclic amines) is 1. The average Bonchev–Trinajstić information content (AvgIpc) is 2.60. The molecule has 3 N–H and O–H groups in total. The second kappa shape index (κ2) is 9.38. The van der Waals surface area contributed by atoms with Gasteiger partial charge in [0.15, 0.2) is 5.78 Å². The van der Waals surface area contributed by atoms with Crippen LogP contribution in [-0.4, -0.2) is 40.4 Å². The molecule has 0 bridgehead atoms. The Kier molecular flexibility index (Phi) is 7.45. The number of hydrogen-bond donors (Lipinski definition) is 2. The maximum atomic E-state index is 12.4. The smallest absolute Gasteiger partial charge is 0.155 e. The van der Waals surface area contributed by atoms with Gasteiger partial charge in [0.1, 0.15) is 0 Å². The molecular weight excluding hydrogens is 336 g/mol. The van der Waals surface area contributed by atoms with Crippen molar-refractivity contribution in [1.82, 2.24) is 15.1 Å². The highest BCUT2D eigenvalue weighted by atomic mass is 16.1. The molecule has 27 heavy (non-hydrogen) atoms. The molecule has 1 unspecified atom stereocenters. The molecular formula is C22H36N4O. The molecule has 0 aromatic heterocycles. The second-order valence-corrected chi connectivity index (χ2v) is 7.85. The van der Waals surface area contributed by atoms with Crippen LogP contribution in [0, 0.1) is 0 Å². The first-order valence-electron chi connectivity index (χ1n) is 10.2. The van der Waals surface area contributed by atoms with Crippen LogP contribution >= 0.6 is 0 Å². The lowest BCUT2D eigenvalue weighted by molar-refractivity contribution is -0.115. The molecule has 1 fully saturated rings. The molecule has 0 aromatic rings. The lowest BCUT2D eigenvalue weighted by Gasteiger charge is -2.44. The van der Waals surface area contributed by atoms with Crippen LogP contribution in [-0.2, 0) is 4.79 Å². The van der Waals surface area contributed by atoms with Gasteiger partial charge in [-0.3, -0.25) is 9.69 Å². The van der Waals surface area contributed by atoms with Crippen LogP contribution < -0.4 is 11.1 Å². The molecule has 2 aliphatic heterocycles. The van der Waals surface area contributed by atoms with Crippen LogP contribution in [0.15, 0.2) is 48.1 Å². The zero-order valence-electron chi connectivity index (χ0n) is 17.4. The number of hydrogen-bond acceptors (Lipinski definition) is 5. The van der Waals surface area contributed by atoms with Crippen molar-refractivity contribution in [2.75, 3.05) is 13.1 Å². The molecule has 2 atom stereocenters. The van der Waals surface area contributed by atoms with Crippen LogP contribution in [0.25, 0.3) is 0 Å². The van der Waals surface area contributed by atoms with Gasteiger partial charge >= 0.3 is 0 Å². The van der Waals surface area contributed by atoms with Gasteiger partial charge in [-0.2, -0.15) is 0 Å². The Balaban J connectivity index is 2.00. The minimum atomic E-state index is -0.653. The van der Waals surface area contributed by atoms with Gasteiger partial charge in [-0.25, -0.2) is 0 Å². The van der Waals surface area contributed by atoms with Crippen LogP contribution in [0.1, 0.15) is 59.8 Å². The fraction of sp³-hybridized carbons (Fsp3) is 0.591. The molecule has 2 rings (SSSR count). The first kappa shape index (κ1) is 21.5. The van der Waals surface area contributed by atoms with E-state index in [1.807, 2.05) is 26.2 Å². The van der Waals surface area contributed by atoms with Gasteiger partial charge in [0.05, 0.1) is 11.4 Å². The number of carbonyl (C=O) groups excluding carboxylic acids is 1. The third-order valence-corrected chi connectivity index (χ3v) is 5.47. The number of nitrogens with one attached hydrogen (secondary N) is 1. The Bertz CT molecular complexity index is 641. The lowest BCUT2D eigenvalue weighted by atomic mass is 9.98. The van der Waals surface area contributed by atoms with E-state index in [2.05, 4.69) is 41.6 Å². The topological polar surface area (TPSA) is 61.6 Å². The molecule has 0 saturated carbocycles. The maximum absolute atomic E-state index is 12.4. The molecule has 0 radical (unpaired) electrons. The highest BCUT2D eigenvalue weighted by molar-refractivity contribution is 5.89. The van der Waals surface area contributed by atoms with E-state index in [-0.39, 0.29) is 5.78 Å².